The Hall–Kier alpha value is -0.630. The van der Waals surface area contributed by atoms with Crippen LogP contribution in [0.25, 0.3) is 0 Å². The van der Waals surface area contributed by atoms with Crippen molar-refractivity contribution in [3.63, 3.8) is 0 Å². The lowest BCUT2D eigenvalue weighted by Crippen LogP contribution is -3.05. The molecule has 0 aromatic carbocycles. The van der Waals surface area contributed by atoms with Gasteiger partial charge < -0.3 is 9.80 Å². The summed E-state index contributed by atoms with van der Waals surface area (Å²) in [5.74, 6) is 0. The molecule has 0 aromatic heterocycles. The molecule has 0 fully saturated rings. The van der Waals surface area contributed by atoms with E-state index in [1.165, 1.54) is 4.90 Å². The van der Waals surface area contributed by atoms with Gasteiger partial charge in [0.2, 0.25) is 0 Å². The number of nitrogens with zero attached hydrogens (tertiary/aromatic N) is 1. The first kappa shape index (κ1) is 17.8. The lowest BCUT2D eigenvalue weighted by Gasteiger charge is -2.17. The molecule has 1 N–H and O–H groups in total. The van der Waals surface area contributed by atoms with Crippen LogP contribution in [0.5, 0.6) is 0 Å². The number of hydrogen-bond acceptors (Lipinski definition) is 5. The highest BCUT2D eigenvalue weighted by Gasteiger charge is 1.84. The van der Waals surface area contributed by atoms with Gasteiger partial charge in [0.15, 0.2) is 0 Å². The quantitative estimate of drug-likeness (QED) is 0.507. The second-order valence-corrected chi connectivity index (χ2v) is 4.28. The van der Waals surface area contributed by atoms with E-state index < -0.39 is 10.2 Å². The monoisotopic (exact) mass is 254 g/mol. The largest absolute Gasteiger partial charge is 0.383 e. The van der Waals surface area contributed by atoms with E-state index in [4.69, 9.17) is 18.6 Å². The van der Waals surface area contributed by atoms with Crippen LogP contribution in [0.15, 0.2) is 24.4 Å². The van der Waals surface area contributed by atoms with E-state index in [0.29, 0.717) is 0 Å². The van der Waals surface area contributed by atoms with Crippen molar-refractivity contribution in [1.29, 1.82) is 0 Å². The van der Waals surface area contributed by atoms with Crippen LogP contribution in [-0.2, 0) is 0 Å². The molecule has 6 nitrogen and oxygen atoms in total. The van der Waals surface area contributed by atoms with Gasteiger partial charge in [0.25, 0.3) is 0 Å². The first-order valence-corrected chi connectivity index (χ1v) is 5.77. The Morgan fingerprint density at radius 3 is 1.81 bits per heavy atom. The summed E-state index contributed by atoms with van der Waals surface area (Å²) in [4.78, 5) is 3.46. The second kappa shape index (κ2) is 9.59. The maximum atomic E-state index is 8.49. The van der Waals surface area contributed by atoms with Crippen LogP contribution in [0, 0.1) is 10.2 Å². The standard InChI is InChI=1S/C9H18N2.ClHO4/c1-10(2)8-6-5-7-9-11(3)4;2-1(3,4)5/h5-8H,9H2,1-4H3;(H,2,3,4,5). The zero-order valence-corrected chi connectivity index (χ0v) is 10.7. The summed E-state index contributed by atoms with van der Waals surface area (Å²) in [5, 5.41) is 0. The van der Waals surface area contributed by atoms with Crippen molar-refractivity contribution in [2.45, 2.75) is 0 Å². The molecule has 0 aliphatic rings. The number of allylic oxidation sites excluding steroid dienone is 2. The summed E-state index contributed by atoms with van der Waals surface area (Å²) in [6, 6.07) is 0. The molecule has 0 saturated carbocycles. The topological polar surface area (TPSA) is 99.9 Å². The molecule has 0 spiro atoms. The summed E-state index contributed by atoms with van der Waals surface area (Å²) in [5.41, 5.74) is 0. The number of likely N-dealkylation sites (N-methyl/N-ethyl adjacent to an activating group) is 1. The molecule has 7 heteroatoms. The van der Waals surface area contributed by atoms with Gasteiger partial charge in [-0.15, -0.1) is 10.2 Å². The van der Waals surface area contributed by atoms with Crippen molar-refractivity contribution in [2.24, 2.45) is 0 Å². The molecule has 16 heavy (non-hydrogen) atoms. The highest BCUT2D eigenvalue weighted by atomic mass is 35.7. The van der Waals surface area contributed by atoms with E-state index in [-0.39, 0.29) is 0 Å². The molecule has 0 aliphatic heterocycles. The number of hydrogen-bond donors (Lipinski definition) is 1. The molecule has 0 heterocycles. The van der Waals surface area contributed by atoms with Crippen molar-refractivity contribution in [3.05, 3.63) is 24.4 Å². The zero-order valence-electron chi connectivity index (χ0n) is 9.97. The summed E-state index contributed by atoms with van der Waals surface area (Å²) >= 11 is 0. The molecule has 0 aromatic rings. The predicted octanol–water partition coefficient (Wildman–Crippen LogP) is -4.99. The van der Waals surface area contributed by atoms with Crippen LogP contribution in [0.3, 0.4) is 0 Å². The van der Waals surface area contributed by atoms with Gasteiger partial charge in [-0.2, -0.15) is 0 Å². The van der Waals surface area contributed by atoms with E-state index in [1.807, 2.05) is 31.3 Å². The highest BCUT2D eigenvalue weighted by molar-refractivity contribution is 5.01. The van der Waals surface area contributed by atoms with E-state index >= 15 is 0 Å². The van der Waals surface area contributed by atoms with E-state index in [1.54, 1.807) is 0 Å². The molecule has 0 bridgehead atoms. The van der Waals surface area contributed by atoms with E-state index in [9.17, 15) is 0 Å². The Balaban J connectivity index is 0. The number of halogens is 1. The van der Waals surface area contributed by atoms with E-state index in [2.05, 4.69) is 26.2 Å². The van der Waals surface area contributed by atoms with Crippen molar-refractivity contribution < 1.29 is 33.8 Å². The number of rotatable bonds is 4. The average Bonchev–Trinajstić information content (AvgIpc) is 1.99. The molecular formula is C9H19ClN2O4. The Morgan fingerprint density at radius 1 is 1.06 bits per heavy atom. The minimum atomic E-state index is -4.94. The van der Waals surface area contributed by atoms with Crippen molar-refractivity contribution >= 4 is 0 Å². The predicted molar refractivity (Wildman–Crippen MR) is 49.6 cm³/mol. The lowest BCUT2D eigenvalue weighted by molar-refractivity contribution is -2.00. The molecular weight excluding hydrogens is 236 g/mol. The molecule has 0 rings (SSSR count). The van der Waals surface area contributed by atoms with Gasteiger partial charge in [-0.3, -0.25) is 0 Å². The van der Waals surface area contributed by atoms with Gasteiger partial charge in [-0.25, -0.2) is 18.6 Å². The first-order chi connectivity index (χ1) is 7.13. The van der Waals surface area contributed by atoms with Gasteiger partial charge in [0.1, 0.15) is 0 Å². The molecule has 0 aliphatic carbocycles. The first-order valence-electron chi connectivity index (χ1n) is 4.53. The van der Waals surface area contributed by atoms with Gasteiger partial charge in [-0.1, -0.05) is 6.08 Å². The zero-order chi connectivity index (χ0) is 13.2. The minimum absolute atomic E-state index is 1.08. The Bertz CT molecular complexity index is 206. The summed E-state index contributed by atoms with van der Waals surface area (Å²) in [6.45, 7) is 1.08. The van der Waals surface area contributed by atoms with Crippen molar-refractivity contribution in [2.75, 3.05) is 34.7 Å². The third kappa shape index (κ3) is 37.7. The Morgan fingerprint density at radius 2 is 1.50 bits per heavy atom. The van der Waals surface area contributed by atoms with Crippen LogP contribution in [0.2, 0.25) is 0 Å². The average molecular weight is 255 g/mol. The number of quaternary nitrogens is 1. The number of nitrogens with one attached hydrogen (secondary N) is 1. The molecule has 0 atom stereocenters. The maximum absolute atomic E-state index is 8.49. The minimum Gasteiger partial charge on any atom is -0.383 e. The molecule has 0 radical (unpaired) electrons. The summed E-state index contributed by atoms with van der Waals surface area (Å²) in [6.07, 6.45) is 8.31. The van der Waals surface area contributed by atoms with E-state index in [0.717, 1.165) is 6.54 Å². The summed E-state index contributed by atoms with van der Waals surface area (Å²) in [7, 11) is 3.36. The smallest absolute Gasteiger partial charge is 0.0957 e. The highest BCUT2D eigenvalue weighted by Crippen LogP contribution is 1.78. The summed E-state index contributed by atoms with van der Waals surface area (Å²) < 4.78 is 34.0. The van der Waals surface area contributed by atoms with Gasteiger partial charge in [0.05, 0.1) is 20.6 Å². The van der Waals surface area contributed by atoms with Crippen LogP contribution in [0.4, 0.5) is 0 Å². The molecule has 0 saturated heterocycles. The fourth-order valence-electron chi connectivity index (χ4n) is 0.604. The van der Waals surface area contributed by atoms with Crippen LogP contribution < -0.4 is 23.5 Å². The second-order valence-electron chi connectivity index (χ2n) is 3.52. The van der Waals surface area contributed by atoms with Gasteiger partial charge >= 0.3 is 0 Å². The lowest BCUT2D eigenvalue weighted by atomic mass is 10.4. The Kier molecular flexibility index (Phi) is 10.6. The van der Waals surface area contributed by atoms with Crippen LogP contribution >= 0.6 is 0 Å². The normalized spacial score (nSPS) is 12.1. The van der Waals surface area contributed by atoms with Crippen molar-refractivity contribution in [1.82, 2.24) is 4.90 Å². The fourth-order valence-corrected chi connectivity index (χ4v) is 0.604. The fraction of sp³-hybridized carbons (Fsp3) is 0.556. The van der Waals surface area contributed by atoms with Crippen molar-refractivity contribution in [3.8, 4) is 0 Å². The maximum Gasteiger partial charge on any atom is 0.0957 e. The SMILES string of the molecule is CN(C)C=CC=CC[NH+](C)C.[O-][Cl+3]([O-])([O-])[O-]. The van der Waals surface area contributed by atoms with Crippen LogP contribution in [0.1, 0.15) is 0 Å². The third-order valence-corrected chi connectivity index (χ3v) is 1.16. The van der Waals surface area contributed by atoms with Gasteiger partial charge in [0, 0.05) is 14.1 Å². The Labute approximate surface area is 98.4 Å². The molecule has 96 valence electrons. The van der Waals surface area contributed by atoms with Crippen LogP contribution in [-0.4, -0.2) is 39.6 Å². The molecule has 0 amide bonds. The van der Waals surface area contributed by atoms with Gasteiger partial charge in [-0.05, 0) is 18.4 Å². The molecule has 0 unspecified atom stereocenters. The third-order valence-electron chi connectivity index (χ3n) is 1.16.